The molecule has 9 aromatic carbocycles. The number of benzene rings is 9. The maximum Gasteiger partial charge on any atom is 1.00 e. The molecular weight excluding hydrogens is 982 g/mol. The molecule has 0 saturated heterocycles. The Morgan fingerprint density at radius 3 is 0.463 bits per heavy atom. The van der Waals surface area contributed by atoms with Crippen LogP contribution in [0.4, 0.5) is 0 Å². The van der Waals surface area contributed by atoms with Crippen molar-refractivity contribution in [3.05, 3.63) is 309 Å². The third-order valence-corrected chi connectivity index (χ3v) is 18.3. The van der Waals surface area contributed by atoms with Crippen LogP contribution in [-0.4, -0.2) is 10.1 Å². The minimum absolute atomic E-state index is 0. The van der Waals surface area contributed by atoms with Crippen LogP contribution < -0.4 is 47.7 Å². The molecule has 0 atom stereocenters. The number of thiocarbonyl (C=S) groups is 1. The first-order valence-electron chi connectivity index (χ1n) is 21.7. The molecule has 7 heteroatoms. The van der Waals surface area contributed by atoms with E-state index in [2.05, 4.69) is 290 Å². The van der Waals surface area contributed by atoms with Crippen molar-refractivity contribution in [3.8, 4) is 0 Å². The third kappa shape index (κ3) is 17.3. The first-order valence-corrected chi connectivity index (χ1v) is 26.6. The first-order chi connectivity index (χ1) is 32.8. The summed E-state index contributed by atoms with van der Waals surface area (Å²) >= 11 is 3.70. The molecule has 0 aliphatic heterocycles. The van der Waals surface area contributed by atoms with Gasteiger partial charge in [0.25, 0.3) is 0 Å². The molecule has 1 heterocycles. The molecule has 0 amide bonds. The average Bonchev–Trinajstić information content (AvgIpc) is 3.41. The van der Waals surface area contributed by atoms with Crippen LogP contribution in [0.25, 0.3) is 5.41 Å². The van der Waals surface area contributed by atoms with Crippen LogP contribution in [0, 0.1) is 0 Å². The zero-order valence-corrected chi connectivity index (χ0v) is 42.3. The number of pyridine rings is 1. The molecular formula is C60H53AgN2P3S+3. The third-order valence-electron chi connectivity index (χ3n) is 10.1. The fourth-order valence-corrected chi connectivity index (χ4v) is 15.0. The Kier molecular flexibility index (Phi) is 24.1. The molecule has 0 aliphatic carbocycles. The summed E-state index contributed by atoms with van der Waals surface area (Å²) in [5.74, 6) is 0. The largest absolute Gasteiger partial charge is 1.00 e. The van der Waals surface area contributed by atoms with Crippen molar-refractivity contribution in [3.63, 3.8) is 0 Å². The van der Waals surface area contributed by atoms with Gasteiger partial charge in [-0.25, -0.2) is 0 Å². The smallest absolute Gasteiger partial charge is 0.753 e. The summed E-state index contributed by atoms with van der Waals surface area (Å²) in [7, 11) is -2.63. The summed E-state index contributed by atoms with van der Waals surface area (Å²) in [6.45, 7) is 0. The second-order valence-electron chi connectivity index (χ2n) is 14.5. The van der Waals surface area contributed by atoms with E-state index in [-0.39, 0.29) is 22.4 Å². The summed E-state index contributed by atoms with van der Waals surface area (Å²) in [4.78, 5) is 3.78. The van der Waals surface area contributed by atoms with E-state index >= 15 is 0 Å². The van der Waals surface area contributed by atoms with Crippen molar-refractivity contribution in [1.82, 2.24) is 4.98 Å². The van der Waals surface area contributed by atoms with Crippen LogP contribution in [-0.2, 0) is 22.4 Å². The van der Waals surface area contributed by atoms with Crippen molar-refractivity contribution in [2.45, 2.75) is 0 Å². The van der Waals surface area contributed by atoms with E-state index in [1.165, 1.54) is 52.9 Å². The van der Waals surface area contributed by atoms with Gasteiger partial charge in [0.05, 0.1) is 23.8 Å². The Bertz CT molecular complexity index is 2210. The van der Waals surface area contributed by atoms with E-state index in [1.807, 2.05) is 18.2 Å². The zero-order chi connectivity index (χ0) is 45.7. The molecule has 0 spiro atoms. The molecule has 10 rings (SSSR count). The molecule has 0 radical (unpaired) electrons. The Morgan fingerprint density at radius 2 is 0.373 bits per heavy atom. The van der Waals surface area contributed by atoms with Gasteiger partial charge in [0.1, 0.15) is 47.7 Å². The van der Waals surface area contributed by atoms with E-state index in [0.29, 0.717) is 0 Å². The topological polar surface area (TPSA) is 35.2 Å². The summed E-state index contributed by atoms with van der Waals surface area (Å²) < 4.78 is 0. The van der Waals surface area contributed by atoms with Gasteiger partial charge in [-0.2, -0.15) is 5.16 Å². The van der Waals surface area contributed by atoms with E-state index in [4.69, 9.17) is 5.41 Å². The van der Waals surface area contributed by atoms with Crippen LogP contribution in [0.5, 0.6) is 0 Å². The van der Waals surface area contributed by atoms with Crippen LogP contribution in [0.1, 0.15) is 0 Å². The van der Waals surface area contributed by atoms with Gasteiger partial charge < -0.3 is 5.41 Å². The fourth-order valence-electron chi connectivity index (χ4n) is 7.26. The molecule has 67 heavy (non-hydrogen) atoms. The minimum Gasteiger partial charge on any atom is -0.753 e. The minimum atomic E-state index is -0.877. The summed E-state index contributed by atoms with van der Waals surface area (Å²) in [5, 5.41) is 21.4. The standard InChI is InChI=1S/3C18H15P.C5H5N.CNS.Ag/c3*1-4-10-16(11-5-1)19(17-12-6-2-7-13-17)18-14-8-3-9-15-18;1-2-4-6-5-3-1;2-1-3;/h3*1-15H;1-5H;;/q;;;;-1;+1/p+3. The molecule has 0 aliphatic rings. The van der Waals surface area contributed by atoms with Gasteiger partial charge in [0.15, 0.2) is 0 Å². The van der Waals surface area contributed by atoms with Crippen LogP contribution in [0.2, 0.25) is 0 Å². The Hall–Kier alpha value is -6.04. The van der Waals surface area contributed by atoms with Crippen LogP contribution in [0.3, 0.4) is 0 Å². The quantitative estimate of drug-likeness (QED) is 0.0625. The molecule has 10 aromatic rings. The Morgan fingerprint density at radius 1 is 0.254 bits per heavy atom. The number of nitrogens with zero attached hydrogens (tertiary/aromatic N) is 2. The molecule has 0 bridgehead atoms. The molecule has 0 saturated carbocycles. The van der Waals surface area contributed by atoms with Gasteiger partial charge in [0.2, 0.25) is 0 Å². The molecule has 0 N–H and O–H groups in total. The number of rotatable bonds is 9. The van der Waals surface area contributed by atoms with Gasteiger partial charge in [-0.1, -0.05) is 182 Å². The van der Waals surface area contributed by atoms with E-state index < -0.39 is 23.8 Å². The maximum atomic E-state index is 7.13. The maximum absolute atomic E-state index is 7.13. The monoisotopic (exact) mass is 1030 g/mol. The van der Waals surface area contributed by atoms with E-state index in [1.54, 1.807) is 12.4 Å². The van der Waals surface area contributed by atoms with E-state index in [9.17, 15) is 0 Å². The second kappa shape index (κ2) is 31.0. The number of aromatic nitrogens is 1. The van der Waals surface area contributed by atoms with Crippen molar-refractivity contribution in [2.75, 3.05) is 0 Å². The van der Waals surface area contributed by atoms with Gasteiger partial charge in [-0.05, 0) is 121 Å². The first kappa shape index (κ1) is 51.9. The second-order valence-corrected chi connectivity index (χ2v) is 22.2. The molecule has 0 fully saturated rings. The van der Waals surface area contributed by atoms with Gasteiger partial charge in [0, 0.05) is 12.4 Å². The predicted molar refractivity (Wildman–Crippen MR) is 300 cm³/mol. The van der Waals surface area contributed by atoms with Crippen molar-refractivity contribution in [2.24, 2.45) is 0 Å². The van der Waals surface area contributed by atoms with Crippen molar-refractivity contribution in [1.29, 1.82) is 0 Å². The number of hydrogen-bond acceptors (Lipinski definition) is 2. The van der Waals surface area contributed by atoms with Gasteiger partial charge in [-0.15, -0.1) is 0 Å². The predicted octanol–water partition coefficient (Wildman–Crippen LogP) is 11.3. The molecule has 1 aromatic heterocycles. The summed E-state index contributed by atoms with van der Waals surface area (Å²) in [5.41, 5.74) is 0. The van der Waals surface area contributed by atoms with Gasteiger partial charge >= 0.3 is 22.4 Å². The average molecular weight is 1030 g/mol. The molecule has 332 valence electrons. The number of hydrogen-bond donors (Lipinski definition) is 0. The molecule has 0 unspecified atom stereocenters. The van der Waals surface area contributed by atoms with Crippen LogP contribution >= 0.6 is 36.0 Å². The Balaban J connectivity index is 0.000000171. The zero-order valence-electron chi connectivity index (χ0n) is 37.0. The van der Waals surface area contributed by atoms with Gasteiger partial charge in [-0.3, -0.25) is 4.98 Å². The normalized spacial score (nSPS) is 9.84. The van der Waals surface area contributed by atoms with Crippen molar-refractivity contribution < 1.29 is 22.4 Å². The SMILES string of the molecule is [Ag+].[N-]=C=S.c1ccc([PH+](c2ccccc2)c2ccccc2)cc1.c1ccc([PH+](c2ccccc2)c2ccccc2)cc1.c1ccc([PH+](c2ccccc2)c2ccccc2)cc1.c1ccncc1. The summed E-state index contributed by atoms with van der Waals surface area (Å²) in [6, 6.07) is 103. The number of isothiocyanates is 1. The Labute approximate surface area is 422 Å². The molecule has 2 nitrogen and oxygen atoms in total. The van der Waals surface area contributed by atoms with Crippen molar-refractivity contribution >= 4 is 88.9 Å². The van der Waals surface area contributed by atoms with Crippen LogP contribution in [0.15, 0.2) is 304 Å². The van der Waals surface area contributed by atoms with E-state index in [0.717, 1.165) is 0 Å². The summed E-state index contributed by atoms with van der Waals surface area (Å²) in [6.07, 6.45) is 3.50. The fraction of sp³-hybridized carbons (Fsp3) is 0.